The summed E-state index contributed by atoms with van der Waals surface area (Å²) in [6.07, 6.45) is 3.93. The van der Waals surface area contributed by atoms with Crippen LogP contribution >= 0.6 is 0 Å². The minimum Gasteiger partial charge on any atom is -0.386 e. The topological polar surface area (TPSA) is 78.8 Å². The van der Waals surface area contributed by atoms with Crippen molar-refractivity contribution in [1.82, 2.24) is 14.9 Å². The van der Waals surface area contributed by atoms with Crippen molar-refractivity contribution >= 4 is 11.9 Å². The van der Waals surface area contributed by atoms with Crippen molar-refractivity contribution < 1.29 is 14.6 Å². The molecule has 2 heterocycles. The van der Waals surface area contributed by atoms with Crippen molar-refractivity contribution in [2.45, 2.75) is 18.6 Å². The van der Waals surface area contributed by atoms with Crippen LogP contribution in [-0.4, -0.2) is 65.3 Å². The van der Waals surface area contributed by atoms with Crippen LogP contribution in [0.4, 0.5) is 5.95 Å². The van der Waals surface area contributed by atoms with Crippen LogP contribution in [-0.2, 0) is 11.3 Å². The van der Waals surface area contributed by atoms with Crippen molar-refractivity contribution in [1.29, 1.82) is 0 Å². The van der Waals surface area contributed by atoms with E-state index in [9.17, 15) is 9.90 Å². The maximum atomic E-state index is 12.7. The van der Waals surface area contributed by atoms with Crippen molar-refractivity contribution in [2.75, 3.05) is 38.7 Å². The van der Waals surface area contributed by atoms with Gasteiger partial charge in [0.15, 0.2) is 0 Å². The lowest BCUT2D eigenvalue weighted by atomic mass is 10.0. The number of methoxy groups -OCH3 is 1. The number of carbonyl (C=O) groups excluding carboxylic acids is 1. The molecule has 0 spiro atoms. The Labute approximate surface area is 153 Å². The molecular weight excluding hydrogens is 332 g/mol. The molecule has 0 unspecified atom stereocenters. The van der Waals surface area contributed by atoms with Gasteiger partial charge in [0.1, 0.15) is 5.60 Å². The van der Waals surface area contributed by atoms with Crippen LogP contribution in [0.3, 0.4) is 0 Å². The van der Waals surface area contributed by atoms with Crippen LogP contribution in [0, 0.1) is 0 Å². The highest BCUT2D eigenvalue weighted by Gasteiger charge is 2.39. The number of anilines is 1. The number of likely N-dealkylation sites (N-methyl/N-ethyl adjacent to an activating group) is 1. The lowest BCUT2D eigenvalue weighted by molar-refractivity contribution is 0.0264. The number of ether oxygens (including phenoxy) is 1. The van der Waals surface area contributed by atoms with Gasteiger partial charge in [-0.15, -0.1) is 0 Å². The zero-order valence-corrected chi connectivity index (χ0v) is 15.1. The van der Waals surface area contributed by atoms with E-state index in [4.69, 9.17) is 4.74 Å². The van der Waals surface area contributed by atoms with Gasteiger partial charge >= 0.3 is 0 Å². The second-order valence-electron chi connectivity index (χ2n) is 6.74. The Morgan fingerprint density at radius 1 is 1.35 bits per heavy atom. The quantitative estimate of drug-likeness (QED) is 0.841. The molecular formula is C19H24N4O3. The van der Waals surface area contributed by atoms with Gasteiger partial charge in [-0.2, -0.15) is 0 Å². The fourth-order valence-corrected chi connectivity index (χ4v) is 3.31. The minimum absolute atomic E-state index is 0.120. The van der Waals surface area contributed by atoms with E-state index in [2.05, 4.69) is 9.97 Å². The Morgan fingerprint density at radius 2 is 2.12 bits per heavy atom. The molecule has 1 aromatic heterocycles. The fourth-order valence-electron chi connectivity index (χ4n) is 3.31. The van der Waals surface area contributed by atoms with Crippen molar-refractivity contribution in [3.8, 4) is 0 Å². The Hall–Kier alpha value is -2.51. The summed E-state index contributed by atoms with van der Waals surface area (Å²) in [4.78, 5) is 24.7. The lowest BCUT2D eigenvalue weighted by Gasteiger charge is -2.29. The molecule has 0 radical (unpaired) electrons. The molecule has 0 saturated carbocycles. The number of amides is 1. The second-order valence-corrected chi connectivity index (χ2v) is 6.74. The summed E-state index contributed by atoms with van der Waals surface area (Å²) in [7, 11) is 3.34. The average Bonchev–Trinajstić information content (AvgIpc) is 3.04. The van der Waals surface area contributed by atoms with Crippen LogP contribution in [0.15, 0.2) is 42.7 Å². The number of aromatic nitrogens is 2. The van der Waals surface area contributed by atoms with E-state index < -0.39 is 5.60 Å². The molecule has 7 heteroatoms. The molecule has 1 saturated heterocycles. The number of benzene rings is 1. The lowest BCUT2D eigenvalue weighted by Crippen LogP contribution is -2.46. The van der Waals surface area contributed by atoms with Crippen LogP contribution in [0.25, 0.3) is 0 Å². The van der Waals surface area contributed by atoms with Crippen molar-refractivity contribution in [2.24, 2.45) is 0 Å². The zero-order chi connectivity index (χ0) is 18.6. The van der Waals surface area contributed by atoms with Crippen LogP contribution in [0.5, 0.6) is 0 Å². The molecule has 0 aliphatic carbocycles. The van der Waals surface area contributed by atoms with Gasteiger partial charge in [-0.05, 0) is 30.2 Å². The SMILES string of the molecule is COCc1cccc(C(=O)N(C)C[C@]2(O)CCN(c3ncccn3)C2)c1. The summed E-state index contributed by atoms with van der Waals surface area (Å²) in [5.41, 5.74) is 0.555. The summed E-state index contributed by atoms with van der Waals surface area (Å²) in [5, 5.41) is 10.9. The summed E-state index contributed by atoms with van der Waals surface area (Å²) >= 11 is 0. The molecule has 1 N–H and O–H groups in total. The predicted molar refractivity (Wildman–Crippen MR) is 97.9 cm³/mol. The number of β-amino-alcohol motifs (C(OH)–C–C–N with tert-alkyl or cyclic N) is 1. The number of rotatable bonds is 6. The van der Waals surface area contributed by atoms with Crippen molar-refractivity contribution in [3.05, 3.63) is 53.9 Å². The molecule has 0 bridgehead atoms. The molecule has 1 fully saturated rings. The van der Waals surface area contributed by atoms with Gasteiger partial charge < -0.3 is 19.6 Å². The maximum absolute atomic E-state index is 12.7. The van der Waals surface area contributed by atoms with Gasteiger partial charge in [0.2, 0.25) is 5.95 Å². The highest BCUT2D eigenvalue weighted by molar-refractivity contribution is 5.94. The Morgan fingerprint density at radius 3 is 2.85 bits per heavy atom. The second kappa shape index (κ2) is 7.80. The van der Waals surface area contributed by atoms with E-state index in [-0.39, 0.29) is 12.5 Å². The van der Waals surface area contributed by atoms with Gasteiger partial charge in [-0.1, -0.05) is 12.1 Å². The highest BCUT2D eigenvalue weighted by Crippen LogP contribution is 2.25. The molecule has 1 aliphatic heterocycles. The van der Waals surface area contributed by atoms with Crippen LogP contribution < -0.4 is 4.90 Å². The Balaban J connectivity index is 1.64. The molecule has 1 atom stereocenters. The standard InChI is InChI=1S/C19H24N4O3/c1-22(17(24)16-6-3-5-15(11-16)12-26-2)13-19(25)7-10-23(14-19)18-20-8-4-9-21-18/h3-6,8-9,11,25H,7,10,12-14H2,1-2H3/t19-/m1/s1. The van der Waals surface area contributed by atoms with Crippen LogP contribution in [0.2, 0.25) is 0 Å². The summed E-state index contributed by atoms with van der Waals surface area (Å²) < 4.78 is 5.12. The highest BCUT2D eigenvalue weighted by atomic mass is 16.5. The smallest absolute Gasteiger partial charge is 0.253 e. The molecule has 1 aliphatic rings. The number of nitrogens with zero attached hydrogens (tertiary/aromatic N) is 4. The van der Waals surface area contributed by atoms with E-state index in [1.165, 1.54) is 0 Å². The molecule has 3 rings (SSSR count). The van der Waals surface area contributed by atoms with Crippen molar-refractivity contribution in [3.63, 3.8) is 0 Å². The monoisotopic (exact) mass is 356 g/mol. The summed E-state index contributed by atoms with van der Waals surface area (Å²) in [6, 6.07) is 9.12. The van der Waals surface area contributed by atoms with E-state index in [0.29, 0.717) is 37.6 Å². The molecule has 2 aromatic rings. The van der Waals surface area contributed by atoms with Gasteiger partial charge in [-0.25, -0.2) is 9.97 Å². The molecule has 138 valence electrons. The van der Waals surface area contributed by atoms with E-state index >= 15 is 0 Å². The number of hydrogen-bond acceptors (Lipinski definition) is 6. The third-order valence-corrected chi connectivity index (χ3v) is 4.53. The Kier molecular flexibility index (Phi) is 5.49. The first-order valence-electron chi connectivity index (χ1n) is 8.58. The van der Waals surface area contributed by atoms with E-state index in [1.807, 2.05) is 23.1 Å². The van der Waals surface area contributed by atoms with E-state index in [0.717, 1.165) is 5.56 Å². The first-order valence-corrected chi connectivity index (χ1v) is 8.58. The Bertz CT molecular complexity index is 755. The fraction of sp³-hybridized carbons (Fsp3) is 0.421. The molecule has 1 aromatic carbocycles. The van der Waals surface area contributed by atoms with E-state index in [1.54, 1.807) is 43.6 Å². The summed E-state index contributed by atoms with van der Waals surface area (Å²) in [6.45, 7) is 1.77. The largest absolute Gasteiger partial charge is 0.386 e. The first kappa shape index (κ1) is 18.3. The molecule has 1 amide bonds. The normalized spacial score (nSPS) is 19.6. The first-order chi connectivity index (χ1) is 12.5. The third kappa shape index (κ3) is 4.17. The van der Waals surface area contributed by atoms with Crippen LogP contribution in [0.1, 0.15) is 22.3 Å². The number of hydrogen-bond donors (Lipinski definition) is 1. The average molecular weight is 356 g/mol. The van der Waals surface area contributed by atoms with Gasteiger partial charge in [0.25, 0.3) is 5.91 Å². The molecule has 26 heavy (non-hydrogen) atoms. The maximum Gasteiger partial charge on any atom is 0.253 e. The van der Waals surface area contributed by atoms with Gasteiger partial charge in [0.05, 0.1) is 19.7 Å². The number of carbonyl (C=O) groups is 1. The predicted octanol–water partition coefficient (Wildman–Crippen LogP) is 1.34. The number of aliphatic hydroxyl groups is 1. The zero-order valence-electron chi connectivity index (χ0n) is 15.1. The third-order valence-electron chi connectivity index (χ3n) is 4.53. The minimum atomic E-state index is -0.978. The molecule has 7 nitrogen and oxygen atoms in total. The summed E-state index contributed by atoms with van der Waals surface area (Å²) in [5.74, 6) is 0.482. The van der Waals surface area contributed by atoms with Gasteiger partial charge in [0, 0.05) is 38.7 Å². The van der Waals surface area contributed by atoms with Gasteiger partial charge in [-0.3, -0.25) is 4.79 Å².